The van der Waals surface area contributed by atoms with Crippen LogP contribution in [0.5, 0.6) is 5.75 Å². The molecule has 0 aliphatic heterocycles. The van der Waals surface area contributed by atoms with Crippen molar-refractivity contribution in [3.8, 4) is 17.1 Å². The topological polar surface area (TPSA) is 168 Å². The lowest BCUT2D eigenvalue weighted by Crippen LogP contribution is -2.48. The first-order valence-corrected chi connectivity index (χ1v) is 16.6. The zero-order valence-electron chi connectivity index (χ0n) is 25.8. The van der Waals surface area contributed by atoms with Crippen LogP contribution < -0.4 is 20.7 Å². The maximum atomic E-state index is 13.4. The largest absolute Gasteiger partial charge is 0.493 e. The lowest BCUT2D eigenvalue weighted by Gasteiger charge is -2.32. The summed E-state index contributed by atoms with van der Waals surface area (Å²) in [6.07, 6.45) is 4.31. The third-order valence-electron chi connectivity index (χ3n) is 7.19. The summed E-state index contributed by atoms with van der Waals surface area (Å²) in [5.74, 6) is -1.18. The number of hydrogen-bond donors (Lipinski definition) is 4. The molecular formula is C32H42N3O9P. The minimum absolute atomic E-state index is 0.0194. The van der Waals surface area contributed by atoms with Gasteiger partial charge in [-0.2, -0.15) is 0 Å². The van der Waals surface area contributed by atoms with Crippen LogP contribution in [0.25, 0.3) is 11.3 Å². The number of ether oxygens (including phenoxy) is 1. The minimum Gasteiger partial charge on any atom is -0.493 e. The minimum atomic E-state index is -4.56. The molecule has 1 heterocycles. The molecule has 3 aromatic rings. The number of hydrogen-bond acceptors (Lipinski definition) is 7. The third-order valence-corrected chi connectivity index (χ3v) is 8.19. The number of nitrogens with one attached hydrogen (secondary N) is 2. The van der Waals surface area contributed by atoms with Gasteiger partial charge in [0.2, 0.25) is 12.3 Å². The first-order chi connectivity index (χ1) is 21.6. The van der Waals surface area contributed by atoms with Gasteiger partial charge in [-0.3, -0.25) is 23.8 Å². The van der Waals surface area contributed by atoms with E-state index in [0.29, 0.717) is 24.8 Å². The van der Waals surface area contributed by atoms with Gasteiger partial charge in [0.1, 0.15) is 23.4 Å². The molecular weight excluding hydrogens is 601 g/mol. The number of rotatable bonds is 19. The van der Waals surface area contributed by atoms with Gasteiger partial charge >= 0.3 is 7.60 Å². The van der Waals surface area contributed by atoms with E-state index in [1.165, 1.54) is 29.3 Å². The average Bonchev–Trinajstić information content (AvgIpc) is 3.53. The van der Waals surface area contributed by atoms with Crippen molar-refractivity contribution in [2.45, 2.75) is 65.5 Å². The van der Waals surface area contributed by atoms with Crippen molar-refractivity contribution in [1.29, 1.82) is 0 Å². The van der Waals surface area contributed by atoms with Crippen molar-refractivity contribution in [2.24, 2.45) is 5.92 Å². The Bertz CT molecular complexity index is 1440. The van der Waals surface area contributed by atoms with Crippen molar-refractivity contribution >= 4 is 31.1 Å². The van der Waals surface area contributed by atoms with E-state index in [4.69, 9.17) is 14.0 Å². The molecule has 244 valence electrons. The van der Waals surface area contributed by atoms with Crippen molar-refractivity contribution in [2.75, 3.05) is 13.3 Å². The number of hydroxylamine groups is 2. The normalized spacial score (nSPS) is 12.6. The molecule has 0 saturated heterocycles. The molecule has 0 radical (unpaired) electrons. The highest BCUT2D eigenvalue weighted by Crippen LogP contribution is 2.39. The van der Waals surface area contributed by atoms with E-state index >= 15 is 0 Å². The molecule has 0 saturated carbocycles. The Morgan fingerprint density at radius 1 is 1.02 bits per heavy atom. The molecule has 2 atom stereocenters. The monoisotopic (exact) mass is 643 g/mol. The fourth-order valence-electron chi connectivity index (χ4n) is 4.91. The summed E-state index contributed by atoms with van der Waals surface area (Å²) in [5.41, 5.74) is 1.35. The van der Waals surface area contributed by atoms with Crippen LogP contribution in [-0.2, 0) is 25.6 Å². The predicted octanol–water partition coefficient (Wildman–Crippen LogP) is 4.52. The fourth-order valence-corrected chi connectivity index (χ4v) is 5.59. The highest BCUT2D eigenvalue weighted by atomic mass is 31.2. The van der Waals surface area contributed by atoms with E-state index < -0.39 is 25.5 Å². The molecule has 0 spiro atoms. The lowest BCUT2D eigenvalue weighted by atomic mass is 9.90. The smallest absolute Gasteiger partial charge is 0.359 e. The SMILES string of the molecule is CCCCCC(C(=O)NCNC(=O)c1ccc(-c2ccc(P(=O)(O)O)c(OCC)c2)o1)[C@@H](CC)N(C=O)OCc1ccccc1. The summed E-state index contributed by atoms with van der Waals surface area (Å²) in [6.45, 7) is 5.85. The number of amides is 3. The van der Waals surface area contributed by atoms with Gasteiger partial charge in [0, 0.05) is 5.56 Å². The maximum Gasteiger partial charge on any atom is 0.359 e. The molecule has 0 fully saturated rings. The number of carbonyl (C=O) groups is 3. The molecule has 2 aromatic carbocycles. The van der Waals surface area contributed by atoms with E-state index in [0.717, 1.165) is 24.8 Å². The molecule has 1 aromatic heterocycles. The molecule has 13 heteroatoms. The fraction of sp³-hybridized carbons (Fsp3) is 0.406. The quantitative estimate of drug-likeness (QED) is 0.0483. The highest BCUT2D eigenvalue weighted by Gasteiger charge is 2.32. The molecule has 3 amide bonds. The number of furan rings is 1. The number of benzene rings is 2. The first-order valence-electron chi connectivity index (χ1n) is 15.0. The van der Waals surface area contributed by atoms with Gasteiger partial charge in [-0.1, -0.05) is 69.5 Å². The van der Waals surface area contributed by atoms with Crippen molar-refractivity contribution in [3.05, 3.63) is 72.0 Å². The highest BCUT2D eigenvalue weighted by molar-refractivity contribution is 7.60. The van der Waals surface area contributed by atoms with Gasteiger partial charge in [0.15, 0.2) is 5.76 Å². The van der Waals surface area contributed by atoms with Crippen molar-refractivity contribution in [1.82, 2.24) is 15.7 Å². The Morgan fingerprint density at radius 2 is 1.78 bits per heavy atom. The van der Waals surface area contributed by atoms with E-state index in [9.17, 15) is 28.7 Å². The zero-order chi connectivity index (χ0) is 32.8. The summed E-state index contributed by atoms with van der Waals surface area (Å²) in [5, 5.41) is 6.35. The van der Waals surface area contributed by atoms with Gasteiger partial charge < -0.3 is 29.6 Å². The van der Waals surface area contributed by atoms with Crippen LogP contribution in [-0.4, -0.2) is 52.4 Å². The van der Waals surface area contributed by atoms with Crippen LogP contribution in [0.4, 0.5) is 0 Å². The molecule has 0 aliphatic rings. The van der Waals surface area contributed by atoms with E-state index in [1.54, 1.807) is 13.0 Å². The Balaban J connectivity index is 1.65. The standard InChI is InChI=1S/C32H42N3O9P/c1-4-7-9-14-25(26(5-2)35(22-36)43-20-23-12-10-8-11-13-23)31(37)33-21-34-32(38)28-17-16-27(44-28)24-15-18-30(45(39,40)41)29(19-24)42-6-3/h8,10-13,15-19,22,25-26H,4-7,9,14,20-21H2,1-3H3,(H,33,37)(H,34,38)(H2,39,40,41)/t25?,26-/m1/s1. The number of carbonyl (C=O) groups excluding carboxylic acids is 3. The summed E-state index contributed by atoms with van der Waals surface area (Å²) >= 11 is 0. The van der Waals surface area contributed by atoms with Gasteiger partial charge in [-0.25, -0.2) is 5.06 Å². The molecule has 1 unspecified atom stereocenters. The molecule has 45 heavy (non-hydrogen) atoms. The summed E-state index contributed by atoms with van der Waals surface area (Å²) < 4.78 is 22.9. The molecule has 0 bridgehead atoms. The summed E-state index contributed by atoms with van der Waals surface area (Å²) in [7, 11) is -4.56. The number of nitrogens with zero attached hydrogens (tertiary/aromatic N) is 1. The van der Waals surface area contributed by atoms with Crippen LogP contribution in [0.3, 0.4) is 0 Å². The molecule has 4 N–H and O–H groups in total. The Labute approximate surface area is 263 Å². The van der Waals surface area contributed by atoms with Gasteiger partial charge in [0.05, 0.1) is 25.2 Å². The van der Waals surface area contributed by atoms with E-state index in [2.05, 4.69) is 17.6 Å². The Morgan fingerprint density at radius 3 is 2.42 bits per heavy atom. The number of unbranched alkanes of at least 4 members (excludes halogenated alkanes) is 2. The second-order valence-corrected chi connectivity index (χ2v) is 11.9. The van der Waals surface area contributed by atoms with Crippen molar-refractivity contribution < 1.29 is 42.7 Å². The van der Waals surface area contributed by atoms with Gasteiger partial charge in [-0.15, -0.1) is 0 Å². The summed E-state index contributed by atoms with van der Waals surface area (Å²) in [4.78, 5) is 63.2. The summed E-state index contributed by atoms with van der Waals surface area (Å²) in [6, 6.07) is 16.1. The van der Waals surface area contributed by atoms with E-state index in [1.807, 2.05) is 37.3 Å². The van der Waals surface area contributed by atoms with Crippen LogP contribution >= 0.6 is 7.60 Å². The van der Waals surface area contributed by atoms with E-state index in [-0.39, 0.29) is 48.4 Å². The van der Waals surface area contributed by atoms with Crippen LogP contribution in [0.2, 0.25) is 0 Å². The van der Waals surface area contributed by atoms with Crippen LogP contribution in [0.1, 0.15) is 69.0 Å². The third kappa shape index (κ3) is 10.3. The Hall–Kier alpha value is -3.96. The van der Waals surface area contributed by atoms with Gasteiger partial charge in [0.25, 0.3) is 5.91 Å². The van der Waals surface area contributed by atoms with Crippen LogP contribution in [0, 0.1) is 5.92 Å². The first kappa shape index (κ1) is 35.5. The molecule has 3 rings (SSSR count). The van der Waals surface area contributed by atoms with Gasteiger partial charge in [-0.05, 0) is 49.6 Å². The second kappa shape index (κ2) is 17.5. The molecule has 0 aliphatic carbocycles. The van der Waals surface area contributed by atoms with Crippen molar-refractivity contribution in [3.63, 3.8) is 0 Å². The second-order valence-electron chi connectivity index (χ2n) is 10.3. The zero-order valence-corrected chi connectivity index (χ0v) is 26.7. The Kier molecular flexibility index (Phi) is 13.8. The lowest BCUT2D eigenvalue weighted by molar-refractivity contribution is -0.200. The predicted molar refractivity (Wildman–Crippen MR) is 168 cm³/mol. The average molecular weight is 644 g/mol. The molecule has 12 nitrogen and oxygen atoms in total. The van der Waals surface area contributed by atoms with Crippen LogP contribution in [0.15, 0.2) is 65.1 Å². The maximum absolute atomic E-state index is 13.4.